The Hall–Kier alpha value is -1.30. The summed E-state index contributed by atoms with van der Waals surface area (Å²) in [7, 11) is 0. The summed E-state index contributed by atoms with van der Waals surface area (Å²) in [6, 6.07) is 3.49. The highest BCUT2D eigenvalue weighted by molar-refractivity contribution is 6.40. The summed E-state index contributed by atoms with van der Waals surface area (Å²) in [6.45, 7) is 3.31. The van der Waals surface area contributed by atoms with Gasteiger partial charge in [0, 0.05) is 6.54 Å². The first-order valence-electron chi connectivity index (χ1n) is 7.14. The molecule has 1 aliphatic heterocycles. The van der Waals surface area contributed by atoms with Crippen molar-refractivity contribution in [2.75, 3.05) is 25.0 Å². The van der Waals surface area contributed by atoms with E-state index >= 15 is 0 Å². The van der Waals surface area contributed by atoms with Gasteiger partial charge in [0.25, 0.3) is 0 Å². The van der Waals surface area contributed by atoms with E-state index < -0.39 is 0 Å². The highest BCUT2D eigenvalue weighted by Crippen LogP contribution is 2.32. The third-order valence-electron chi connectivity index (χ3n) is 3.82. The number of anilines is 1. The number of hydrogen-bond donors (Lipinski definition) is 2. The van der Waals surface area contributed by atoms with E-state index in [9.17, 15) is 9.59 Å². The number of nitrogens with zero attached hydrogens (tertiary/aromatic N) is 1. The van der Waals surface area contributed by atoms with E-state index in [0.717, 1.165) is 24.9 Å². The molecule has 3 N–H and O–H groups in total. The van der Waals surface area contributed by atoms with Crippen molar-refractivity contribution in [1.82, 2.24) is 4.90 Å². The lowest BCUT2D eigenvalue weighted by Gasteiger charge is -2.30. The molecule has 1 aromatic carbocycles. The second kappa shape index (κ2) is 7.31. The molecule has 5 nitrogen and oxygen atoms in total. The topological polar surface area (TPSA) is 75.4 Å². The Morgan fingerprint density at radius 1 is 1.41 bits per heavy atom. The van der Waals surface area contributed by atoms with Gasteiger partial charge in [-0.3, -0.25) is 14.5 Å². The average molecular weight is 344 g/mol. The smallest absolute Gasteiger partial charge is 0.238 e. The predicted molar refractivity (Wildman–Crippen MR) is 88.2 cm³/mol. The molecule has 0 aromatic heterocycles. The zero-order chi connectivity index (χ0) is 16.3. The normalized spacial score (nSPS) is 19.0. The van der Waals surface area contributed by atoms with Gasteiger partial charge in [-0.05, 0) is 37.9 Å². The van der Waals surface area contributed by atoms with Crippen LogP contribution in [0.15, 0.2) is 12.1 Å². The quantitative estimate of drug-likeness (QED) is 0.881. The molecule has 0 aliphatic carbocycles. The minimum Gasteiger partial charge on any atom is -0.369 e. The third-order valence-corrected chi connectivity index (χ3v) is 4.63. The van der Waals surface area contributed by atoms with Crippen molar-refractivity contribution < 1.29 is 9.59 Å². The molecule has 1 saturated heterocycles. The summed E-state index contributed by atoms with van der Waals surface area (Å²) in [5, 5.41) is 3.59. The second-order valence-electron chi connectivity index (χ2n) is 5.58. The Labute approximate surface area is 139 Å². The molecule has 1 atom stereocenters. The summed E-state index contributed by atoms with van der Waals surface area (Å²) in [4.78, 5) is 25.4. The molecule has 0 radical (unpaired) electrons. The van der Waals surface area contributed by atoms with E-state index in [1.807, 2.05) is 11.8 Å². The summed E-state index contributed by atoms with van der Waals surface area (Å²) in [5.41, 5.74) is 6.61. The van der Waals surface area contributed by atoms with Gasteiger partial charge in [-0.25, -0.2) is 0 Å². The molecule has 1 heterocycles. The van der Waals surface area contributed by atoms with Crippen LogP contribution in [0.1, 0.15) is 18.4 Å². The van der Waals surface area contributed by atoms with Crippen LogP contribution in [0.2, 0.25) is 10.0 Å². The highest BCUT2D eigenvalue weighted by atomic mass is 35.5. The van der Waals surface area contributed by atoms with Crippen LogP contribution in [0.5, 0.6) is 0 Å². The lowest BCUT2D eigenvalue weighted by molar-refractivity contribution is -0.125. The van der Waals surface area contributed by atoms with E-state index in [4.69, 9.17) is 28.9 Å². The minimum absolute atomic E-state index is 0.185. The van der Waals surface area contributed by atoms with Crippen molar-refractivity contribution in [3.8, 4) is 0 Å². The number of carbonyl (C=O) groups excluding carboxylic acids is 2. The van der Waals surface area contributed by atoms with Gasteiger partial charge in [0.2, 0.25) is 11.8 Å². The predicted octanol–water partition coefficient (Wildman–Crippen LogP) is 2.44. The first kappa shape index (κ1) is 17.1. The number of rotatable bonds is 4. The molecule has 7 heteroatoms. The Morgan fingerprint density at radius 3 is 2.82 bits per heavy atom. The van der Waals surface area contributed by atoms with Gasteiger partial charge in [-0.1, -0.05) is 29.3 Å². The van der Waals surface area contributed by atoms with Crippen molar-refractivity contribution in [3.63, 3.8) is 0 Å². The van der Waals surface area contributed by atoms with Gasteiger partial charge in [0.1, 0.15) is 0 Å². The number of nitrogens with one attached hydrogen (secondary N) is 1. The van der Waals surface area contributed by atoms with Crippen LogP contribution in [0.25, 0.3) is 0 Å². The molecule has 0 unspecified atom stereocenters. The molecule has 2 rings (SSSR count). The molecular weight excluding hydrogens is 325 g/mol. The average Bonchev–Trinajstić information content (AvgIpc) is 2.48. The molecule has 1 fully saturated rings. The monoisotopic (exact) mass is 343 g/mol. The minimum atomic E-state index is -0.310. The number of likely N-dealkylation sites (tertiary alicyclic amines) is 1. The number of piperidine rings is 1. The fourth-order valence-electron chi connectivity index (χ4n) is 2.58. The summed E-state index contributed by atoms with van der Waals surface area (Å²) < 4.78 is 0. The largest absolute Gasteiger partial charge is 0.369 e. The lowest BCUT2D eigenvalue weighted by Crippen LogP contribution is -2.44. The van der Waals surface area contributed by atoms with Crippen LogP contribution in [0.3, 0.4) is 0 Å². The van der Waals surface area contributed by atoms with E-state index in [0.29, 0.717) is 22.3 Å². The molecule has 22 heavy (non-hydrogen) atoms. The summed E-state index contributed by atoms with van der Waals surface area (Å²) in [6.07, 6.45) is 1.63. The van der Waals surface area contributed by atoms with Crippen LogP contribution in [-0.2, 0) is 9.59 Å². The van der Waals surface area contributed by atoms with E-state index in [1.54, 1.807) is 12.1 Å². The number of nitrogens with two attached hydrogens (primary N) is 1. The SMILES string of the molecule is Cc1ccc(Cl)c(NC(=O)CN2CCC[C@@H](C(N)=O)C2)c1Cl. The highest BCUT2D eigenvalue weighted by Gasteiger charge is 2.25. The van der Waals surface area contributed by atoms with Gasteiger partial charge < -0.3 is 11.1 Å². The van der Waals surface area contributed by atoms with Crippen molar-refractivity contribution in [2.24, 2.45) is 11.7 Å². The van der Waals surface area contributed by atoms with Gasteiger partial charge in [-0.2, -0.15) is 0 Å². The Kier molecular flexibility index (Phi) is 5.67. The van der Waals surface area contributed by atoms with Crippen molar-refractivity contribution in [3.05, 3.63) is 27.7 Å². The van der Waals surface area contributed by atoms with Crippen LogP contribution in [-0.4, -0.2) is 36.3 Å². The van der Waals surface area contributed by atoms with Crippen molar-refractivity contribution >= 4 is 40.7 Å². The van der Waals surface area contributed by atoms with Crippen LogP contribution in [0, 0.1) is 12.8 Å². The Balaban J connectivity index is 1.99. The zero-order valence-electron chi connectivity index (χ0n) is 12.4. The van der Waals surface area contributed by atoms with Crippen LogP contribution < -0.4 is 11.1 Å². The fourth-order valence-corrected chi connectivity index (χ4v) is 3.05. The van der Waals surface area contributed by atoms with Crippen molar-refractivity contribution in [2.45, 2.75) is 19.8 Å². The van der Waals surface area contributed by atoms with Crippen LogP contribution in [0.4, 0.5) is 5.69 Å². The number of benzene rings is 1. The molecule has 120 valence electrons. The first-order valence-corrected chi connectivity index (χ1v) is 7.90. The maximum absolute atomic E-state index is 12.2. The summed E-state index contributed by atoms with van der Waals surface area (Å²) in [5.74, 6) is -0.706. The number of primary amides is 1. The van der Waals surface area contributed by atoms with E-state index in [-0.39, 0.29) is 24.3 Å². The van der Waals surface area contributed by atoms with E-state index in [1.165, 1.54) is 0 Å². The maximum Gasteiger partial charge on any atom is 0.238 e. The number of hydrogen-bond acceptors (Lipinski definition) is 3. The lowest BCUT2D eigenvalue weighted by atomic mass is 9.97. The molecule has 0 spiro atoms. The van der Waals surface area contributed by atoms with Crippen molar-refractivity contribution in [1.29, 1.82) is 0 Å². The van der Waals surface area contributed by atoms with Gasteiger partial charge in [0.05, 0.1) is 28.2 Å². The number of amides is 2. The molecule has 1 aliphatic rings. The fraction of sp³-hybridized carbons (Fsp3) is 0.467. The van der Waals surface area contributed by atoms with Gasteiger partial charge in [0.15, 0.2) is 0 Å². The maximum atomic E-state index is 12.2. The Bertz CT molecular complexity index is 592. The number of halogens is 2. The molecule has 0 bridgehead atoms. The molecule has 0 saturated carbocycles. The summed E-state index contributed by atoms with van der Waals surface area (Å²) >= 11 is 12.3. The third kappa shape index (κ3) is 4.12. The Morgan fingerprint density at radius 2 is 2.14 bits per heavy atom. The van der Waals surface area contributed by atoms with Gasteiger partial charge >= 0.3 is 0 Å². The molecular formula is C15H19Cl2N3O2. The number of aryl methyl sites for hydroxylation is 1. The molecule has 2 amide bonds. The zero-order valence-corrected chi connectivity index (χ0v) is 13.9. The number of carbonyl (C=O) groups is 2. The van der Waals surface area contributed by atoms with Gasteiger partial charge in [-0.15, -0.1) is 0 Å². The second-order valence-corrected chi connectivity index (χ2v) is 6.36. The first-order chi connectivity index (χ1) is 10.4. The van der Waals surface area contributed by atoms with Crippen LogP contribution >= 0.6 is 23.2 Å². The standard InChI is InChI=1S/C15H19Cl2N3O2/c1-9-4-5-11(16)14(13(9)17)19-12(21)8-20-6-2-3-10(7-20)15(18)22/h4-5,10H,2-3,6-8H2,1H3,(H2,18,22)(H,19,21)/t10-/m1/s1. The molecule has 1 aromatic rings. The van der Waals surface area contributed by atoms with E-state index in [2.05, 4.69) is 5.32 Å².